The number of nitrogens with two attached hydrogens (primary N) is 1. The predicted molar refractivity (Wildman–Crippen MR) is 157 cm³/mol. The van der Waals surface area contributed by atoms with Gasteiger partial charge in [-0.25, -0.2) is 23.3 Å². The van der Waals surface area contributed by atoms with Crippen molar-refractivity contribution in [2.45, 2.75) is 56.9 Å². The molecule has 3 N–H and O–H groups in total. The number of ether oxygens (including phenoxy) is 1. The number of fused-ring (bicyclic) bond motifs is 1. The van der Waals surface area contributed by atoms with Crippen LogP contribution in [-0.4, -0.2) is 36.1 Å². The summed E-state index contributed by atoms with van der Waals surface area (Å²) in [7, 11) is -4.64. The Bertz CT molecular complexity index is 1540. The molecule has 0 saturated carbocycles. The molecule has 0 aliphatic heterocycles. The lowest BCUT2D eigenvalue weighted by atomic mass is 9.83. The molecule has 1 heterocycles. The molecule has 10 heteroatoms. The number of para-hydroxylation sites is 2. The summed E-state index contributed by atoms with van der Waals surface area (Å²) in [5.41, 5.74) is 2.46. The van der Waals surface area contributed by atoms with Crippen molar-refractivity contribution >= 4 is 33.0 Å². The summed E-state index contributed by atoms with van der Waals surface area (Å²) in [6, 6.07) is 24.1. The maximum absolute atomic E-state index is 14.3. The van der Waals surface area contributed by atoms with E-state index in [1.165, 1.54) is 0 Å². The second-order valence-electron chi connectivity index (χ2n) is 10.5. The van der Waals surface area contributed by atoms with E-state index in [4.69, 9.17) is 14.3 Å². The van der Waals surface area contributed by atoms with Crippen LogP contribution in [0.15, 0.2) is 89.3 Å². The molecule has 0 aliphatic rings. The van der Waals surface area contributed by atoms with Crippen molar-refractivity contribution in [1.29, 1.82) is 0 Å². The summed E-state index contributed by atoms with van der Waals surface area (Å²) in [5.74, 6) is -1.40. The number of rotatable bonds is 13. The number of carbonyl (C=O) groups is 2. The number of aryl methyl sites for hydroxylation is 1. The highest BCUT2D eigenvalue weighted by molar-refractivity contribution is 7.91. The van der Waals surface area contributed by atoms with Crippen LogP contribution in [0.5, 0.6) is 0 Å². The fourth-order valence-electron chi connectivity index (χ4n) is 5.01. The Hall–Kier alpha value is -4.02. The molecule has 2 atom stereocenters. The Morgan fingerprint density at radius 3 is 2.17 bits per heavy atom. The molecule has 4 aromatic rings. The first-order valence-electron chi connectivity index (χ1n) is 13.5. The molecule has 0 bridgehead atoms. The van der Waals surface area contributed by atoms with Crippen LogP contribution < -0.4 is 10.5 Å². The van der Waals surface area contributed by atoms with Crippen molar-refractivity contribution < 1.29 is 27.2 Å². The Labute approximate surface area is 240 Å². The predicted octanol–water partition coefficient (Wildman–Crippen LogP) is 5.40. The van der Waals surface area contributed by atoms with E-state index in [0.29, 0.717) is 23.9 Å². The van der Waals surface area contributed by atoms with E-state index in [-0.39, 0.29) is 31.3 Å². The van der Waals surface area contributed by atoms with Crippen molar-refractivity contribution in [3.8, 4) is 0 Å². The monoisotopic (exact) mass is 577 g/mol. The van der Waals surface area contributed by atoms with Gasteiger partial charge in [-0.1, -0.05) is 86.6 Å². The first-order chi connectivity index (χ1) is 19.6. The summed E-state index contributed by atoms with van der Waals surface area (Å²) in [4.78, 5) is 31.7. The molecule has 9 nitrogen and oxygen atoms in total. The number of sulfonamides is 1. The number of hydrogen-bond donors (Lipinski definition) is 2. The molecule has 0 radical (unpaired) electrons. The number of oxazole rings is 1. The van der Waals surface area contributed by atoms with Gasteiger partial charge >= 0.3 is 6.09 Å². The maximum Gasteiger partial charge on any atom is 0.407 e. The van der Waals surface area contributed by atoms with Crippen LogP contribution in [0.25, 0.3) is 11.1 Å². The smallest absolute Gasteiger partial charge is 0.407 e. The van der Waals surface area contributed by atoms with Crippen molar-refractivity contribution in [3.05, 3.63) is 102 Å². The zero-order valence-corrected chi connectivity index (χ0v) is 24.0. The molecular formula is C31H35N3O6S. The lowest BCUT2D eigenvalue weighted by Crippen LogP contribution is -2.64. The second kappa shape index (κ2) is 13.1. The van der Waals surface area contributed by atoms with Gasteiger partial charge in [0.15, 0.2) is 10.3 Å². The standard InChI is InChI=1S/C31H35N3O6S/c1-22(2)20-27(34-30(36)39-21-24-14-7-4-8-15-24)31(41(32,37)38,19-11-16-23-12-5-3-6-13-23)28(35)29-33-25-17-9-10-18-26(25)40-29/h3-10,12-15,17-18,22,27H,11,16,19-21H2,1-2H3,(H,34,36)(H2,32,37,38)/t27?,31-/m0/s1. The Balaban J connectivity index is 1.73. The highest BCUT2D eigenvalue weighted by Gasteiger charge is 2.57. The van der Waals surface area contributed by atoms with Gasteiger partial charge in [0.05, 0.1) is 6.04 Å². The Morgan fingerprint density at radius 1 is 0.951 bits per heavy atom. The van der Waals surface area contributed by atoms with Gasteiger partial charge in [-0.15, -0.1) is 0 Å². The molecule has 0 spiro atoms. The van der Waals surface area contributed by atoms with Gasteiger partial charge in [-0.3, -0.25) is 4.79 Å². The fraction of sp³-hybridized carbons (Fsp3) is 0.323. The molecule has 1 amide bonds. The topological polar surface area (TPSA) is 142 Å². The lowest BCUT2D eigenvalue weighted by molar-refractivity contribution is 0.0850. The first kappa shape index (κ1) is 30.0. The van der Waals surface area contributed by atoms with E-state index in [2.05, 4.69) is 10.3 Å². The van der Waals surface area contributed by atoms with Crippen molar-refractivity contribution in [2.75, 3.05) is 0 Å². The summed E-state index contributed by atoms with van der Waals surface area (Å²) in [6.45, 7) is 3.70. The SMILES string of the molecule is CC(C)CC(NC(=O)OCc1ccccc1)[C@@](CCCc1ccccc1)(C(=O)c1nc2ccccc2o1)S(N)(=O)=O. The van der Waals surface area contributed by atoms with Gasteiger partial charge in [0.2, 0.25) is 15.8 Å². The van der Waals surface area contributed by atoms with Crippen LogP contribution in [0.1, 0.15) is 54.9 Å². The largest absolute Gasteiger partial charge is 0.445 e. The molecule has 1 aromatic heterocycles. The van der Waals surface area contributed by atoms with Crippen molar-refractivity contribution in [3.63, 3.8) is 0 Å². The molecule has 0 aliphatic carbocycles. The number of carbonyl (C=O) groups excluding carboxylic acids is 2. The molecule has 0 saturated heterocycles. The summed E-state index contributed by atoms with van der Waals surface area (Å²) < 4.78 is 36.1. The zero-order valence-electron chi connectivity index (χ0n) is 23.2. The van der Waals surface area contributed by atoms with E-state index < -0.39 is 32.7 Å². The molecule has 4 rings (SSSR count). The molecular weight excluding hydrogens is 542 g/mol. The third-order valence-corrected chi connectivity index (χ3v) is 8.70. The van der Waals surface area contributed by atoms with Crippen LogP contribution in [-0.2, 0) is 27.8 Å². The quantitative estimate of drug-likeness (QED) is 0.203. The Kier molecular flexibility index (Phi) is 9.57. The number of ketones is 1. The van der Waals surface area contributed by atoms with Crippen LogP contribution >= 0.6 is 0 Å². The van der Waals surface area contributed by atoms with E-state index in [1.807, 2.05) is 62.4 Å². The number of hydrogen-bond acceptors (Lipinski definition) is 7. The number of Topliss-reactive ketones (excluding diaryl/α,β-unsaturated/α-hetero) is 1. The van der Waals surface area contributed by atoms with E-state index in [9.17, 15) is 18.0 Å². The minimum atomic E-state index is -4.64. The first-order valence-corrected chi connectivity index (χ1v) is 15.1. The van der Waals surface area contributed by atoms with Gasteiger partial charge < -0.3 is 14.5 Å². The van der Waals surface area contributed by atoms with Crippen LogP contribution in [0, 0.1) is 5.92 Å². The third kappa shape index (κ3) is 7.20. The van der Waals surface area contributed by atoms with Gasteiger partial charge in [0, 0.05) is 0 Å². The molecule has 1 unspecified atom stereocenters. The summed E-state index contributed by atoms with van der Waals surface area (Å²) in [6.07, 6.45) is -0.114. The highest BCUT2D eigenvalue weighted by Crippen LogP contribution is 2.35. The van der Waals surface area contributed by atoms with Gasteiger partial charge in [-0.2, -0.15) is 0 Å². The molecule has 216 valence electrons. The van der Waals surface area contributed by atoms with Crippen LogP contribution in [0.4, 0.5) is 4.79 Å². The van der Waals surface area contributed by atoms with Crippen LogP contribution in [0.2, 0.25) is 0 Å². The highest BCUT2D eigenvalue weighted by atomic mass is 32.2. The number of amides is 1. The molecule has 3 aromatic carbocycles. The van der Waals surface area contributed by atoms with Crippen LogP contribution in [0.3, 0.4) is 0 Å². The number of primary sulfonamides is 1. The molecule has 0 fully saturated rings. The van der Waals surface area contributed by atoms with Gasteiger partial charge in [0.1, 0.15) is 12.1 Å². The van der Waals surface area contributed by atoms with E-state index >= 15 is 0 Å². The van der Waals surface area contributed by atoms with Crippen molar-refractivity contribution in [1.82, 2.24) is 10.3 Å². The average Bonchev–Trinajstić information content (AvgIpc) is 3.38. The minimum Gasteiger partial charge on any atom is -0.445 e. The van der Waals surface area contributed by atoms with Crippen molar-refractivity contribution in [2.24, 2.45) is 11.1 Å². The third-order valence-electron chi connectivity index (χ3n) is 7.01. The number of nitrogens with zero attached hydrogens (tertiary/aromatic N) is 1. The Morgan fingerprint density at radius 2 is 1.56 bits per heavy atom. The minimum absolute atomic E-state index is 0.0312. The summed E-state index contributed by atoms with van der Waals surface area (Å²) >= 11 is 0. The number of nitrogens with one attached hydrogen (secondary N) is 1. The second-order valence-corrected chi connectivity index (χ2v) is 12.3. The van der Waals surface area contributed by atoms with Gasteiger partial charge in [-0.05, 0) is 54.9 Å². The maximum atomic E-state index is 14.3. The van der Waals surface area contributed by atoms with E-state index in [1.54, 1.807) is 36.4 Å². The number of alkyl carbamates (subject to hydrolysis) is 1. The average molecular weight is 578 g/mol. The number of aromatic nitrogens is 1. The summed E-state index contributed by atoms with van der Waals surface area (Å²) in [5, 5.41) is 8.62. The molecule has 41 heavy (non-hydrogen) atoms. The zero-order chi connectivity index (χ0) is 29.5. The van der Waals surface area contributed by atoms with Gasteiger partial charge in [0.25, 0.3) is 5.89 Å². The number of benzene rings is 3. The fourth-order valence-corrected chi connectivity index (χ4v) is 6.34. The lowest BCUT2D eigenvalue weighted by Gasteiger charge is -2.37. The van der Waals surface area contributed by atoms with E-state index in [0.717, 1.165) is 11.1 Å². The normalized spacial score (nSPS) is 14.0.